The van der Waals surface area contributed by atoms with E-state index in [9.17, 15) is 19.2 Å². The van der Waals surface area contributed by atoms with Crippen LogP contribution in [-0.4, -0.2) is 41.6 Å². The first-order valence-electron chi connectivity index (χ1n) is 9.14. The number of imide groups is 1. The van der Waals surface area contributed by atoms with E-state index < -0.39 is 0 Å². The average molecular weight is 379 g/mol. The maximum atomic E-state index is 12.3. The molecule has 7 nitrogen and oxygen atoms in total. The van der Waals surface area contributed by atoms with Crippen LogP contribution < -0.4 is 10.6 Å². The Morgan fingerprint density at radius 3 is 2.29 bits per heavy atom. The molecule has 0 radical (unpaired) electrons. The van der Waals surface area contributed by atoms with Crippen molar-refractivity contribution >= 4 is 29.3 Å². The van der Waals surface area contributed by atoms with Gasteiger partial charge in [-0.25, -0.2) is 0 Å². The number of hydrogen-bond acceptors (Lipinski definition) is 4. The first kappa shape index (κ1) is 19.3. The lowest BCUT2D eigenvalue weighted by Crippen LogP contribution is -2.31. The van der Waals surface area contributed by atoms with Crippen LogP contribution >= 0.6 is 0 Å². The molecule has 1 aliphatic heterocycles. The van der Waals surface area contributed by atoms with Crippen LogP contribution in [0.4, 0.5) is 5.69 Å². The lowest BCUT2D eigenvalue weighted by atomic mass is 10.1. The van der Waals surface area contributed by atoms with Gasteiger partial charge in [0.1, 0.15) is 0 Å². The second-order valence-electron chi connectivity index (χ2n) is 6.40. The summed E-state index contributed by atoms with van der Waals surface area (Å²) in [4.78, 5) is 49.8. The van der Waals surface area contributed by atoms with E-state index >= 15 is 0 Å². The Balaban J connectivity index is 1.52. The third-order valence-electron chi connectivity index (χ3n) is 4.41. The van der Waals surface area contributed by atoms with Crippen molar-refractivity contribution in [3.8, 4) is 0 Å². The second kappa shape index (κ2) is 8.47. The van der Waals surface area contributed by atoms with Crippen LogP contribution in [0.15, 0.2) is 48.5 Å². The highest BCUT2D eigenvalue weighted by Crippen LogP contribution is 2.22. The van der Waals surface area contributed by atoms with Crippen molar-refractivity contribution in [3.63, 3.8) is 0 Å². The topological polar surface area (TPSA) is 95.6 Å². The van der Waals surface area contributed by atoms with Gasteiger partial charge in [-0.15, -0.1) is 0 Å². The number of hydrogen-bond donors (Lipinski definition) is 2. The van der Waals surface area contributed by atoms with Gasteiger partial charge in [0.05, 0.1) is 11.1 Å². The first-order chi connectivity index (χ1) is 13.5. The fourth-order valence-corrected chi connectivity index (χ4v) is 3.06. The van der Waals surface area contributed by atoms with Crippen LogP contribution in [0.2, 0.25) is 0 Å². The van der Waals surface area contributed by atoms with Crippen molar-refractivity contribution in [2.45, 2.75) is 19.8 Å². The number of anilines is 1. The lowest BCUT2D eigenvalue weighted by molar-refractivity contribution is -0.116. The van der Waals surface area contributed by atoms with E-state index in [1.807, 2.05) is 6.92 Å². The molecule has 2 aromatic rings. The molecule has 1 heterocycles. The summed E-state index contributed by atoms with van der Waals surface area (Å²) in [5, 5.41) is 5.44. The van der Waals surface area contributed by atoms with E-state index in [1.165, 1.54) is 4.90 Å². The van der Waals surface area contributed by atoms with Crippen LogP contribution in [-0.2, 0) is 4.79 Å². The van der Waals surface area contributed by atoms with Crippen LogP contribution in [0, 0.1) is 0 Å². The van der Waals surface area contributed by atoms with Gasteiger partial charge in [-0.2, -0.15) is 0 Å². The number of benzene rings is 2. The van der Waals surface area contributed by atoms with Gasteiger partial charge in [0.2, 0.25) is 5.91 Å². The zero-order chi connectivity index (χ0) is 20.1. The summed E-state index contributed by atoms with van der Waals surface area (Å²) in [5.74, 6) is -1.10. The van der Waals surface area contributed by atoms with E-state index in [4.69, 9.17) is 0 Å². The Labute approximate surface area is 162 Å². The molecule has 0 saturated carbocycles. The van der Waals surface area contributed by atoms with E-state index in [0.717, 1.165) is 0 Å². The molecule has 0 aliphatic carbocycles. The SMILES string of the molecule is CCNC(=O)c1cccc(NC(=O)CCCN2C(=O)c3ccccc3C2=O)c1. The Kier molecular flexibility index (Phi) is 5.84. The smallest absolute Gasteiger partial charge is 0.261 e. The van der Waals surface area contributed by atoms with Crippen LogP contribution in [0.25, 0.3) is 0 Å². The predicted molar refractivity (Wildman–Crippen MR) is 104 cm³/mol. The number of fused-ring (bicyclic) bond motifs is 1. The van der Waals surface area contributed by atoms with Crippen molar-refractivity contribution in [2.24, 2.45) is 0 Å². The molecule has 0 fully saturated rings. The van der Waals surface area contributed by atoms with Crippen LogP contribution in [0.1, 0.15) is 50.8 Å². The number of nitrogens with one attached hydrogen (secondary N) is 2. The van der Waals surface area contributed by atoms with Gasteiger partial charge in [0.15, 0.2) is 0 Å². The quantitative estimate of drug-likeness (QED) is 0.723. The Morgan fingerprint density at radius 1 is 0.964 bits per heavy atom. The molecule has 1 aliphatic rings. The molecule has 2 N–H and O–H groups in total. The third-order valence-corrected chi connectivity index (χ3v) is 4.41. The van der Waals surface area contributed by atoms with Gasteiger partial charge in [-0.3, -0.25) is 24.1 Å². The molecule has 3 rings (SSSR count). The maximum absolute atomic E-state index is 12.3. The van der Waals surface area contributed by atoms with Crippen molar-refractivity contribution in [1.82, 2.24) is 10.2 Å². The Bertz CT molecular complexity index is 904. The Hall–Kier alpha value is -3.48. The van der Waals surface area contributed by atoms with Gasteiger partial charge in [0, 0.05) is 30.8 Å². The minimum Gasteiger partial charge on any atom is -0.352 e. The fraction of sp³-hybridized carbons (Fsp3) is 0.238. The monoisotopic (exact) mass is 379 g/mol. The highest BCUT2D eigenvalue weighted by atomic mass is 16.2. The van der Waals surface area contributed by atoms with Gasteiger partial charge in [0.25, 0.3) is 17.7 Å². The molecule has 0 bridgehead atoms. The minimum atomic E-state index is -0.323. The minimum absolute atomic E-state index is 0.152. The molecule has 28 heavy (non-hydrogen) atoms. The predicted octanol–water partition coefficient (Wildman–Crippen LogP) is 2.45. The molecule has 0 aromatic heterocycles. The van der Waals surface area contributed by atoms with Crippen molar-refractivity contribution < 1.29 is 19.2 Å². The summed E-state index contributed by atoms with van der Waals surface area (Å²) in [6, 6.07) is 13.4. The van der Waals surface area contributed by atoms with Gasteiger partial charge in [-0.1, -0.05) is 18.2 Å². The van der Waals surface area contributed by atoms with Gasteiger partial charge < -0.3 is 10.6 Å². The number of carbonyl (C=O) groups excluding carboxylic acids is 4. The summed E-state index contributed by atoms with van der Waals surface area (Å²) in [5.41, 5.74) is 1.79. The first-order valence-corrected chi connectivity index (χ1v) is 9.14. The third kappa shape index (κ3) is 4.09. The fourth-order valence-electron chi connectivity index (χ4n) is 3.06. The molecule has 144 valence electrons. The normalized spacial score (nSPS) is 12.7. The van der Waals surface area contributed by atoms with Crippen LogP contribution in [0.3, 0.4) is 0 Å². The summed E-state index contributed by atoms with van der Waals surface area (Å²) in [7, 11) is 0. The summed E-state index contributed by atoms with van der Waals surface area (Å²) in [6.45, 7) is 2.53. The maximum Gasteiger partial charge on any atom is 0.261 e. The summed E-state index contributed by atoms with van der Waals surface area (Å²) in [6.07, 6.45) is 0.506. The van der Waals surface area contributed by atoms with Gasteiger partial charge in [-0.05, 0) is 43.7 Å². The molecule has 0 saturated heterocycles. The lowest BCUT2D eigenvalue weighted by Gasteiger charge is -2.13. The number of nitrogens with zero attached hydrogens (tertiary/aromatic N) is 1. The van der Waals surface area contributed by atoms with Crippen molar-refractivity contribution in [1.29, 1.82) is 0 Å². The van der Waals surface area contributed by atoms with E-state index in [-0.39, 0.29) is 36.6 Å². The molecule has 0 spiro atoms. The van der Waals surface area contributed by atoms with Crippen LogP contribution in [0.5, 0.6) is 0 Å². The summed E-state index contributed by atoms with van der Waals surface area (Å²) >= 11 is 0. The zero-order valence-electron chi connectivity index (χ0n) is 15.5. The molecule has 4 amide bonds. The number of rotatable bonds is 7. The number of carbonyl (C=O) groups is 4. The summed E-state index contributed by atoms with van der Waals surface area (Å²) < 4.78 is 0. The molecule has 2 aromatic carbocycles. The molecule has 0 unspecified atom stereocenters. The van der Waals surface area contributed by atoms with Crippen molar-refractivity contribution in [2.75, 3.05) is 18.4 Å². The average Bonchev–Trinajstić information content (AvgIpc) is 2.93. The highest BCUT2D eigenvalue weighted by Gasteiger charge is 2.34. The largest absolute Gasteiger partial charge is 0.352 e. The van der Waals surface area contributed by atoms with Gasteiger partial charge >= 0.3 is 0 Å². The number of amides is 4. The molecule has 0 atom stereocenters. The van der Waals surface area contributed by atoms with E-state index in [1.54, 1.807) is 48.5 Å². The van der Waals surface area contributed by atoms with E-state index in [2.05, 4.69) is 10.6 Å². The zero-order valence-corrected chi connectivity index (χ0v) is 15.5. The van der Waals surface area contributed by atoms with E-state index in [0.29, 0.717) is 35.3 Å². The second-order valence-corrected chi connectivity index (χ2v) is 6.40. The highest BCUT2D eigenvalue weighted by molar-refractivity contribution is 6.21. The Morgan fingerprint density at radius 2 is 1.64 bits per heavy atom. The standard InChI is InChI=1S/C21H21N3O4/c1-2-22-19(26)14-7-5-8-15(13-14)23-18(25)11-6-12-24-20(27)16-9-3-4-10-17(16)21(24)28/h3-5,7-10,13H,2,6,11-12H2,1H3,(H,22,26)(H,23,25). The molecular weight excluding hydrogens is 358 g/mol. The molecular formula is C21H21N3O4. The van der Waals surface area contributed by atoms with Crippen molar-refractivity contribution in [3.05, 3.63) is 65.2 Å². The molecule has 7 heteroatoms.